The summed E-state index contributed by atoms with van der Waals surface area (Å²) in [6.45, 7) is 5.24. The Morgan fingerprint density at radius 1 is 1.19 bits per heavy atom. The van der Waals surface area contributed by atoms with Gasteiger partial charge in [0.1, 0.15) is 11.6 Å². The summed E-state index contributed by atoms with van der Waals surface area (Å²) >= 11 is 0. The first-order valence-electron chi connectivity index (χ1n) is 9.48. The third-order valence-corrected chi connectivity index (χ3v) is 4.92. The van der Waals surface area contributed by atoms with Crippen LogP contribution in [0.1, 0.15) is 43.5 Å². The predicted octanol–water partition coefficient (Wildman–Crippen LogP) is 4.36. The topological polar surface area (TPSA) is 50.3 Å². The summed E-state index contributed by atoms with van der Waals surface area (Å²) in [5.74, 6) is 0.156. The number of halogens is 1. The van der Waals surface area contributed by atoms with E-state index in [0.29, 0.717) is 36.7 Å². The molecule has 142 valence electrons. The van der Waals surface area contributed by atoms with E-state index in [-0.39, 0.29) is 23.4 Å². The highest BCUT2D eigenvalue weighted by Crippen LogP contribution is 2.23. The van der Waals surface area contributed by atoms with Gasteiger partial charge in [0.25, 0.3) is 5.91 Å². The molecule has 3 rings (SSSR count). The van der Waals surface area contributed by atoms with E-state index in [2.05, 4.69) is 4.98 Å². The van der Waals surface area contributed by atoms with Gasteiger partial charge < -0.3 is 4.90 Å². The van der Waals surface area contributed by atoms with Crippen molar-refractivity contribution in [2.24, 2.45) is 11.8 Å². The molecule has 0 bridgehead atoms. The Morgan fingerprint density at radius 3 is 2.56 bits per heavy atom. The zero-order valence-corrected chi connectivity index (χ0v) is 15.8. The monoisotopic (exact) mass is 368 g/mol. The zero-order valence-electron chi connectivity index (χ0n) is 15.8. The van der Waals surface area contributed by atoms with Gasteiger partial charge in [-0.3, -0.25) is 14.6 Å². The van der Waals surface area contributed by atoms with Gasteiger partial charge in [-0.1, -0.05) is 13.8 Å². The Kier molecular flexibility index (Phi) is 5.99. The van der Waals surface area contributed by atoms with Crippen LogP contribution in [0.25, 0.3) is 11.3 Å². The molecule has 4 nitrogen and oxygen atoms in total. The molecule has 2 aromatic rings. The van der Waals surface area contributed by atoms with E-state index in [1.165, 1.54) is 12.1 Å². The number of hydrogen-bond acceptors (Lipinski definition) is 3. The second kappa shape index (κ2) is 8.42. The molecule has 1 fully saturated rings. The summed E-state index contributed by atoms with van der Waals surface area (Å²) in [7, 11) is 0. The lowest BCUT2D eigenvalue weighted by molar-refractivity contribution is -0.124. The molecule has 1 atom stereocenters. The average Bonchev–Trinajstić information content (AvgIpc) is 2.68. The van der Waals surface area contributed by atoms with Crippen molar-refractivity contribution in [1.82, 2.24) is 9.88 Å². The summed E-state index contributed by atoms with van der Waals surface area (Å²) in [5.41, 5.74) is 2.00. The number of benzene rings is 1. The van der Waals surface area contributed by atoms with E-state index in [1.807, 2.05) is 13.8 Å². The Labute approximate surface area is 159 Å². The molecule has 0 spiro atoms. The van der Waals surface area contributed by atoms with Crippen molar-refractivity contribution in [2.75, 3.05) is 13.1 Å². The number of ketones is 1. The molecule has 1 aromatic heterocycles. The number of rotatable bonds is 5. The lowest BCUT2D eigenvalue weighted by Gasteiger charge is -2.32. The minimum atomic E-state index is -0.294. The molecule has 0 N–H and O–H groups in total. The van der Waals surface area contributed by atoms with E-state index >= 15 is 0 Å². The fraction of sp³-hybridized carbons (Fsp3) is 0.409. The molecule has 0 aliphatic carbocycles. The number of piperidine rings is 1. The van der Waals surface area contributed by atoms with Crippen LogP contribution in [-0.4, -0.2) is 34.7 Å². The second-order valence-electron chi connectivity index (χ2n) is 7.59. The fourth-order valence-electron chi connectivity index (χ4n) is 3.49. The Morgan fingerprint density at radius 2 is 1.93 bits per heavy atom. The number of aromatic nitrogens is 1. The summed E-state index contributed by atoms with van der Waals surface area (Å²) in [6.07, 6.45) is 3.83. The number of Topliss-reactive ketones (excluding diaryl/α,β-unsaturated/α-hetero) is 1. The first-order chi connectivity index (χ1) is 12.9. The molecule has 5 heteroatoms. The van der Waals surface area contributed by atoms with Gasteiger partial charge in [-0.15, -0.1) is 0 Å². The van der Waals surface area contributed by atoms with Crippen LogP contribution < -0.4 is 0 Å². The molecule has 1 aromatic carbocycles. The number of carbonyl (C=O) groups is 2. The highest BCUT2D eigenvalue weighted by molar-refractivity contribution is 5.94. The van der Waals surface area contributed by atoms with Crippen molar-refractivity contribution < 1.29 is 14.0 Å². The van der Waals surface area contributed by atoms with Crippen LogP contribution in [0.5, 0.6) is 0 Å². The highest BCUT2D eigenvalue weighted by Gasteiger charge is 2.29. The Bertz CT molecular complexity index is 800. The normalized spacial score (nSPS) is 17.2. The summed E-state index contributed by atoms with van der Waals surface area (Å²) in [6, 6.07) is 9.61. The number of nitrogens with zero attached hydrogens (tertiary/aromatic N) is 2. The quantitative estimate of drug-likeness (QED) is 0.788. The van der Waals surface area contributed by atoms with E-state index in [0.717, 1.165) is 18.4 Å². The van der Waals surface area contributed by atoms with Gasteiger partial charge in [-0.2, -0.15) is 0 Å². The molecule has 1 aliphatic rings. The molecular weight excluding hydrogens is 343 g/mol. The fourth-order valence-corrected chi connectivity index (χ4v) is 3.49. The lowest BCUT2D eigenvalue weighted by atomic mass is 9.89. The van der Waals surface area contributed by atoms with E-state index in [1.54, 1.807) is 35.4 Å². The number of likely N-dealkylation sites (tertiary alicyclic amines) is 1. The van der Waals surface area contributed by atoms with Gasteiger partial charge in [-0.05, 0) is 55.2 Å². The maximum atomic E-state index is 13.0. The van der Waals surface area contributed by atoms with Crippen molar-refractivity contribution >= 4 is 11.7 Å². The zero-order chi connectivity index (χ0) is 19.4. The van der Waals surface area contributed by atoms with Crippen LogP contribution in [0.4, 0.5) is 4.39 Å². The van der Waals surface area contributed by atoms with Crippen LogP contribution in [0.2, 0.25) is 0 Å². The maximum absolute atomic E-state index is 13.0. The van der Waals surface area contributed by atoms with E-state index < -0.39 is 0 Å². The van der Waals surface area contributed by atoms with Crippen molar-refractivity contribution in [3.63, 3.8) is 0 Å². The van der Waals surface area contributed by atoms with Gasteiger partial charge in [0, 0.05) is 37.2 Å². The van der Waals surface area contributed by atoms with Crippen molar-refractivity contribution in [3.8, 4) is 11.3 Å². The van der Waals surface area contributed by atoms with Crippen LogP contribution in [0, 0.1) is 17.7 Å². The third kappa shape index (κ3) is 4.79. The van der Waals surface area contributed by atoms with Gasteiger partial charge in [0.2, 0.25) is 0 Å². The molecule has 1 amide bonds. The van der Waals surface area contributed by atoms with Gasteiger partial charge in [0.05, 0.1) is 11.3 Å². The molecular formula is C22H25FN2O2. The van der Waals surface area contributed by atoms with Gasteiger partial charge in [-0.25, -0.2) is 4.39 Å². The molecule has 0 unspecified atom stereocenters. The van der Waals surface area contributed by atoms with Crippen LogP contribution in [0.3, 0.4) is 0 Å². The number of carbonyl (C=O) groups excluding carboxylic acids is 2. The summed E-state index contributed by atoms with van der Waals surface area (Å²) < 4.78 is 13.0. The van der Waals surface area contributed by atoms with E-state index in [4.69, 9.17) is 0 Å². The molecule has 0 radical (unpaired) electrons. The molecule has 1 saturated heterocycles. The lowest BCUT2D eigenvalue weighted by Crippen LogP contribution is -2.42. The number of pyridine rings is 1. The summed E-state index contributed by atoms with van der Waals surface area (Å²) in [4.78, 5) is 31.3. The smallest absolute Gasteiger partial charge is 0.255 e. The van der Waals surface area contributed by atoms with Gasteiger partial charge in [0.15, 0.2) is 0 Å². The summed E-state index contributed by atoms with van der Waals surface area (Å²) in [5, 5.41) is 0. The highest BCUT2D eigenvalue weighted by atomic mass is 19.1. The largest absolute Gasteiger partial charge is 0.338 e. The minimum absolute atomic E-state index is 0.0588. The Balaban J connectivity index is 1.68. The van der Waals surface area contributed by atoms with Crippen LogP contribution >= 0.6 is 0 Å². The first-order valence-corrected chi connectivity index (χ1v) is 9.48. The van der Waals surface area contributed by atoms with Crippen molar-refractivity contribution in [1.29, 1.82) is 0 Å². The number of hydrogen-bond donors (Lipinski definition) is 0. The SMILES string of the molecule is CC(C)CC(=O)[C@H]1CCCN(C(=O)c2ccc(-c3ccc(F)cc3)nc2)C1. The van der Waals surface area contributed by atoms with Gasteiger partial charge >= 0.3 is 0 Å². The van der Waals surface area contributed by atoms with E-state index in [9.17, 15) is 14.0 Å². The maximum Gasteiger partial charge on any atom is 0.255 e. The first kappa shape index (κ1) is 19.2. The second-order valence-corrected chi connectivity index (χ2v) is 7.59. The molecule has 27 heavy (non-hydrogen) atoms. The molecule has 1 aliphatic heterocycles. The van der Waals surface area contributed by atoms with Crippen LogP contribution in [0.15, 0.2) is 42.6 Å². The van der Waals surface area contributed by atoms with Crippen LogP contribution in [-0.2, 0) is 4.79 Å². The number of amides is 1. The predicted molar refractivity (Wildman–Crippen MR) is 103 cm³/mol. The Hall–Kier alpha value is -2.56. The van der Waals surface area contributed by atoms with Crippen molar-refractivity contribution in [3.05, 3.63) is 54.0 Å². The van der Waals surface area contributed by atoms with Crippen molar-refractivity contribution in [2.45, 2.75) is 33.1 Å². The molecule has 2 heterocycles. The minimum Gasteiger partial charge on any atom is -0.338 e. The average molecular weight is 368 g/mol. The molecule has 0 saturated carbocycles. The standard InChI is InChI=1S/C22H25FN2O2/c1-15(2)12-21(26)18-4-3-11-25(14-18)22(27)17-7-10-20(24-13-17)16-5-8-19(23)9-6-16/h5-10,13,15,18H,3-4,11-12,14H2,1-2H3/t18-/m0/s1. The third-order valence-electron chi connectivity index (χ3n) is 4.92.